The SMILES string of the molecule is CC(=O)c1ccc(C(=O)N2CCCC2CNC(=O)OC(C)(C)C)c(F)c1. The summed E-state index contributed by atoms with van der Waals surface area (Å²) >= 11 is 0. The van der Waals surface area contributed by atoms with Crippen molar-refractivity contribution >= 4 is 17.8 Å². The Morgan fingerprint density at radius 3 is 2.58 bits per heavy atom. The maximum absolute atomic E-state index is 14.3. The van der Waals surface area contributed by atoms with Gasteiger partial charge in [-0.3, -0.25) is 9.59 Å². The van der Waals surface area contributed by atoms with Crippen LogP contribution in [-0.4, -0.2) is 47.4 Å². The number of ether oxygens (including phenoxy) is 1. The van der Waals surface area contributed by atoms with Gasteiger partial charge in [0, 0.05) is 24.7 Å². The summed E-state index contributed by atoms with van der Waals surface area (Å²) in [6, 6.07) is 3.65. The number of amides is 2. The molecule has 0 saturated carbocycles. The number of hydrogen-bond donors (Lipinski definition) is 1. The molecule has 1 atom stereocenters. The minimum absolute atomic E-state index is 0.0702. The second-order valence-corrected chi connectivity index (χ2v) is 7.43. The highest BCUT2D eigenvalue weighted by atomic mass is 19.1. The number of hydrogen-bond acceptors (Lipinski definition) is 4. The first-order chi connectivity index (χ1) is 12.1. The normalized spacial score (nSPS) is 17.1. The van der Waals surface area contributed by atoms with Crippen LogP contribution in [0.25, 0.3) is 0 Å². The van der Waals surface area contributed by atoms with E-state index in [0.717, 1.165) is 12.5 Å². The molecule has 6 nitrogen and oxygen atoms in total. The molecular formula is C19H25FN2O4. The number of likely N-dealkylation sites (tertiary alicyclic amines) is 1. The molecule has 142 valence electrons. The number of nitrogens with zero attached hydrogens (tertiary/aromatic N) is 1. The minimum atomic E-state index is -0.714. The van der Waals surface area contributed by atoms with Gasteiger partial charge in [-0.25, -0.2) is 9.18 Å². The van der Waals surface area contributed by atoms with Crippen molar-refractivity contribution in [3.63, 3.8) is 0 Å². The van der Waals surface area contributed by atoms with E-state index in [9.17, 15) is 18.8 Å². The molecule has 26 heavy (non-hydrogen) atoms. The topological polar surface area (TPSA) is 75.7 Å². The van der Waals surface area contributed by atoms with E-state index in [-0.39, 0.29) is 29.5 Å². The molecule has 1 aromatic rings. The molecule has 1 unspecified atom stereocenters. The quantitative estimate of drug-likeness (QED) is 0.833. The number of carbonyl (C=O) groups is 3. The van der Waals surface area contributed by atoms with Crippen LogP contribution in [0.4, 0.5) is 9.18 Å². The predicted octanol–water partition coefficient (Wildman–Crippen LogP) is 3.16. The van der Waals surface area contributed by atoms with Crippen LogP contribution < -0.4 is 5.32 Å². The van der Waals surface area contributed by atoms with Gasteiger partial charge in [-0.2, -0.15) is 0 Å². The zero-order valence-electron chi connectivity index (χ0n) is 15.6. The molecule has 1 saturated heterocycles. The highest BCUT2D eigenvalue weighted by Crippen LogP contribution is 2.22. The Morgan fingerprint density at radius 1 is 1.31 bits per heavy atom. The van der Waals surface area contributed by atoms with E-state index < -0.39 is 23.4 Å². The maximum Gasteiger partial charge on any atom is 0.407 e. The number of ketones is 1. The number of carbonyl (C=O) groups excluding carboxylic acids is 3. The van der Waals surface area contributed by atoms with Crippen molar-refractivity contribution in [3.05, 3.63) is 35.1 Å². The van der Waals surface area contributed by atoms with Crippen molar-refractivity contribution in [2.45, 2.75) is 52.2 Å². The highest BCUT2D eigenvalue weighted by Gasteiger charge is 2.31. The summed E-state index contributed by atoms with van der Waals surface area (Å²) in [5.74, 6) is -1.41. The number of benzene rings is 1. The average Bonchev–Trinajstić information content (AvgIpc) is 2.99. The summed E-state index contributed by atoms with van der Waals surface area (Å²) in [7, 11) is 0. The molecule has 0 bridgehead atoms. The second kappa shape index (κ2) is 7.85. The Morgan fingerprint density at radius 2 is 2.00 bits per heavy atom. The van der Waals surface area contributed by atoms with Crippen LogP contribution in [-0.2, 0) is 4.74 Å². The van der Waals surface area contributed by atoms with Gasteiger partial charge in [0.1, 0.15) is 11.4 Å². The fourth-order valence-electron chi connectivity index (χ4n) is 2.89. The maximum atomic E-state index is 14.3. The molecule has 2 rings (SSSR count). The third kappa shape index (κ3) is 5.03. The van der Waals surface area contributed by atoms with E-state index in [4.69, 9.17) is 4.74 Å². The van der Waals surface area contributed by atoms with Crippen LogP contribution in [0.1, 0.15) is 61.3 Å². The van der Waals surface area contributed by atoms with E-state index in [1.807, 2.05) is 0 Å². The third-order valence-corrected chi connectivity index (χ3v) is 4.12. The van der Waals surface area contributed by atoms with Gasteiger partial charge in [0.2, 0.25) is 0 Å². The molecule has 0 aliphatic carbocycles. The second-order valence-electron chi connectivity index (χ2n) is 7.43. The Bertz CT molecular complexity index is 712. The van der Waals surface area contributed by atoms with Gasteiger partial charge in [0.05, 0.1) is 5.56 Å². The average molecular weight is 364 g/mol. The Hall–Kier alpha value is -2.44. The van der Waals surface area contributed by atoms with Gasteiger partial charge in [0.15, 0.2) is 5.78 Å². The molecule has 1 heterocycles. The number of alkyl carbamates (subject to hydrolysis) is 1. The Balaban J connectivity index is 2.04. The third-order valence-electron chi connectivity index (χ3n) is 4.12. The van der Waals surface area contributed by atoms with Crippen molar-refractivity contribution in [1.82, 2.24) is 10.2 Å². The number of rotatable bonds is 4. The van der Waals surface area contributed by atoms with Crippen LogP contribution in [0, 0.1) is 5.82 Å². The standard InChI is InChI=1S/C19H25FN2O4/c1-12(23)13-7-8-15(16(20)10-13)17(24)22-9-5-6-14(22)11-21-18(25)26-19(2,3)4/h7-8,10,14H,5-6,9,11H2,1-4H3,(H,21,25). The lowest BCUT2D eigenvalue weighted by Crippen LogP contribution is -2.44. The minimum Gasteiger partial charge on any atom is -0.444 e. The van der Waals surface area contributed by atoms with Gasteiger partial charge < -0.3 is 15.0 Å². The van der Waals surface area contributed by atoms with Crippen molar-refractivity contribution in [3.8, 4) is 0 Å². The zero-order valence-corrected chi connectivity index (χ0v) is 15.6. The van der Waals surface area contributed by atoms with Crippen LogP contribution in [0.5, 0.6) is 0 Å². The van der Waals surface area contributed by atoms with Crippen LogP contribution in [0.3, 0.4) is 0 Å². The van der Waals surface area contributed by atoms with E-state index in [0.29, 0.717) is 13.0 Å². The van der Waals surface area contributed by atoms with Crippen molar-refractivity contribution in [2.75, 3.05) is 13.1 Å². The Labute approximate surface area is 152 Å². The molecule has 0 radical (unpaired) electrons. The molecule has 1 aromatic carbocycles. The highest BCUT2D eigenvalue weighted by molar-refractivity contribution is 5.98. The molecule has 0 spiro atoms. The van der Waals surface area contributed by atoms with E-state index in [1.54, 1.807) is 25.7 Å². The monoisotopic (exact) mass is 364 g/mol. The Kier molecular flexibility index (Phi) is 6.00. The van der Waals surface area contributed by atoms with E-state index in [1.165, 1.54) is 19.1 Å². The lowest BCUT2D eigenvalue weighted by Gasteiger charge is -2.26. The fourth-order valence-corrected chi connectivity index (χ4v) is 2.89. The first-order valence-electron chi connectivity index (χ1n) is 8.67. The number of halogens is 1. The molecule has 1 fully saturated rings. The van der Waals surface area contributed by atoms with Gasteiger partial charge in [-0.05, 0) is 52.7 Å². The smallest absolute Gasteiger partial charge is 0.407 e. The molecule has 1 aliphatic rings. The lowest BCUT2D eigenvalue weighted by atomic mass is 10.1. The number of Topliss-reactive ketones (excluding diaryl/α,β-unsaturated/α-hetero) is 1. The van der Waals surface area contributed by atoms with Crippen molar-refractivity contribution in [1.29, 1.82) is 0 Å². The molecule has 0 aromatic heterocycles. The summed E-state index contributed by atoms with van der Waals surface area (Å²) in [4.78, 5) is 37.4. The van der Waals surface area contributed by atoms with Crippen molar-refractivity contribution < 1.29 is 23.5 Å². The molecule has 2 amide bonds. The van der Waals surface area contributed by atoms with Gasteiger partial charge in [0.25, 0.3) is 5.91 Å². The summed E-state index contributed by atoms with van der Waals surface area (Å²) in [6.07, 6.45) is 0.947. The first-order valence-corrected chi connectivity index (χ1v) is 8.67. The fraction of sp³-hybridized carbons (Fsp3) is 0.526. The molecular weight excluding hydrogens is 339 g/mol. The van der Waals surface area contributed by atoms with E-state index >= 15 is 0 Å². The lowest BCUT2D eigenvalue weighted by molar-refractivity contribution is 0.0501. The van der Waals surface area contributed by atoms with Gasteiger partial charge in [-0.15, -0.1) is 0 Å². The van der Waals surface area contributed by atoms with Gasteiger partial charge >= 0.3 is 6.09 Å². The summed E-state index contributed by atoms with van der Waals surface area (Å²) in [5.41, 5.74) is -0.445. The zero-order chi connectivity index (χ0) is 19.5. The summed E-state index contributed by atoms with van der Waals surface area (Å²) < 4.78 is 19.4. The van der Waals surface area contributed by atoms with Gasteiger partial charge in [-0.1, -0.05) is 6.07 Å². The largest absolute Gasteiger partial charge is 0.444 e. The summed E-state index contributed by atoms with van der Waals surface area (Å²) in [6.45, 7) is 7.39. The molecule has 1 N–H and O–H groups in total. The van der Waals surface area contributed by atoms with Crippen LogP contribution in [0.2, 0.25) is 0 Å². The van der Waals surface area contributed by atoms with Crippen molar-refractivity contribution in [2.24, 2.45) is 0 Å². The van der Waals surface area contributed by atoms with Crippen LogP contribution in [0.15, 0.2) is 18.2 Å². The predicted molar refractivity (Wildman–Crippen MR) is 94.7 cm³/mol. The van der Waals surface area contributed by atoms with Crippen LogP contribution >= 0.6 is 0 Å². The van der Waals surface area contributed by atoms with E-state index in [2.05, 4.69) is 5.32 Å². The molecule has 7 heteroatoms. The summed E-state index contributed by atoms with van der Waals surface area (Å²) in [5, 5.41) is 2.66. The molecule has 1 aliphatic heterocycles. The number of nitrogens with one attached hydrogen (secondary N) is 1. The first kappa shape index (κ1) is 19.9.